The van der Waals surface area contributed by atoms with Crippen LogP contribution < -0.4 is 10.1 Å². The number of carbonyl (C=O) groups is 1. The summed E-state index contributed by atoms with van der Waals surface area (Å²) in [6.07, 6.45) is 0. The summed E-state index contributed by atoms with van der Waals surface area (Å²) in [6.45, 7) is 2.43. The minimum absolute atomic E-state index is 0.0120. The number of anilines is 1. The van der Waals surface area contributed by atoms with E-state index in [-0.39, 0.29) is 11.6 Å². The number of nitrogens with zero attached hydrogens (tertiary/aromatic N) is 2. The summed E-state index contributed by atoms with van der Waals surface area (Å²) in [4.78, 5) is 24.8. The Morgan fingerprint density at radius 2 is 2.04 bits per heavy atom. The van der Waals surface area contributed by atoms with Crippen LogP contribution >= 0.6 is 11.6 Å². The van der Waals surface area contributed by atoms with Crippen LogP contribution in [0.2, 0.25) is 5.02 Å². The van der Waals surface area contributed by atoms with Gasteiger partial charge in [-0.05, 0) is 24.3 Å². The second-order valence-electron chi connectivity index (χ2n) is 6.21. The van der Waals surface area contributed by atoms with E-state index < -0.39 is 4.92 Å². The molecule has 1 amide bonds. The first-order chi connectivity index (χ1) is 13.5. The van der Waals surface area contributed by atoms with Gasteiger partial charge in [0.25, 0.3) is 11.6 Å². The molecule has 0 aromatic heterocycles. The summed E-state index contributed by atoms with van der Waals surface area (Å²) < 4.78 is 10.5. The van der Waals surface area contributed by atoms with Crippen LogP contribution in [0.4, 0.5) is 11.4 Å². The largest absolute Gasteiger partial charge is 0.496 e. The fourth-order valence-electron chi connectivity index (χ4n) is 2.95. The van der Waals surface area contributed by atoms with E-state index in [4.69, 9.17) is 21.1 Å². The van der Waals surface area contributed by atoms with E-state index >= 15 is 0 Å². The van der Waals surface area contributed by atoms with Crippen LogP contribution in [0.3, 0.4) is 0 Å². The molecule has 3 rings (SSSR count). The lowest BCUT2D eigenvalue weighted by Gasteiger charge is -2.27. The van der Waals surface area contributed by atoms with Crippen molar-refractivity contribution in [3.05, 3.63) is 62.7 Å². The Morgan fingerprint density at radius 1 is 1.29 bits per heavy atom. The van der Waals surface area contributed by atoms with Gasteiger partial charge in [0.05, 0.1) is 35.8 Å². The summed E-state index contributed by atoms with van der Waals surface area (Å²) in [5, 5.41) is 14.5. The number of carbonyl (C=O) groups excluding carboxylic acids is 1. The smallest absolute Gasteiger partial charge is 0.270 e. The van der Waals surface area contributed by atoms with Gasteiger partial charge < -0.3 is 19.7 Å². The fraction of sp³-hybridized carbons (Fsp3) is 0.316. The second kappa shape index (κ2) is 8.90. The minimum Gasteiger partial charge on any atom is -0.496 e. The summed E-state index contributed by atoms with van der Waals surface area (Å²) in [6, 6.07) is 9.51. The number of morpholine rings is 1. The molecule has 1 saturated heterocycles. The van der Waals surface area contributed by atoms with Gasteiger partial charge in [0.2, 0.25) is 0 Å². The van der Waals surface area contributed by atoms with Crippen LogP contribution in [-0.4, -0.2) is 49.1 Å². The van der Waals surface area contributed by atoms with Gasteiger partial charge in [0.15, 0.2) is 0 Å². The lowest BCUT2D eigenvalue weighted by atomic mass is 10.1. The van der Waals surface area contributed by atoms with Crippen molar-refractivity contribution in [2.45, 2.75) is 6.54 Å². The van der Waals surface area contributed by atoms with Crippen molar-refractivity contribution < 1.29 is 19.2 Å². The molecule has 0 spiro atoms. The molecule has 1 fully saturated rings. The average Bonchev–Trinajstić information content (AvgIpc) is 2.72. The molecule has 2 aromatic rings. The molecule has 0 saturated carbocycles. The molecule has 1 N–H and O–H groups in total. The molecule has 0 aliphatic carbocycles. The van der Waals surface area contributed by atoms with E-state index in [0.29, 0.717) is 60.4 Å². The molecule has 0 unspecified atom stereocenters. The number of benzene rings is 2. The molecular weight excluding hydrogens is 386 g/mol. The van der Waals surface area contributed by atoms with E-state index in [0.717, 1.165) is 0 Å². The number of nitro benzene ring substituents is 1. The lowest BCUT2D eigenvalue weighted by molar-refractivity contribution is -0.384. The topological polar surface area (TPSA) is 93.9 Å². The van der Waals surface area contributed by atoms with Crippen molar-refractivity contribution in [3.63, 3.8) is 0 Å². The van der Waals surface area contributed by atoms with Crippen LogP contribution in [0.15, 0.2) is 36.4 Å². The van der Waals surface area contributed by atoms with Crippen molar-refractivity contribution in [3.8, 4) is 5.75 Å². The second-order valence-corrected chi connectivity index (χ2v) is 6.61. The molecule has 148 valence electrons. The van der Waals surface area contributed by atoms with Crippen molar-refractivity contribution in [1.82, 2.24) is 4.90 Å². The third kappa shape index (κ3) is 4.52. The number of amides is 1. The quantitative estimate of drug-likeness (QED) is 0.585. The number of nitro groups is 1. The highest BCUT2D eigenvalue weighted by Gasteiger charge is 2.21. The Hall–Kier alpha value is -2.84. The minimum atomic E-state index is -0.453. The van der Waals surface area contributed by atoms with E-state index in [2.05, 4.69) is 5.32 Å². The zero-order valence-corrected chi connectivity index (χ0v) is 16.1. The highest BCUT2D eigenvalue weighted by atomic mass is 35.5. The lowest BCUT2D eigenvalue weighted by Crippen LogP contribution is -2.40. The fourth-order valence-corrected chi connectivity index (χ4v) is 3.21. The number of ether oxygens (including phenoxy) is 2. The number of non-ortho nitro benzene ring substituents is 1. The number of halogens is 1. The Balaban J connectivity index is 1.72. The Labute approximate surface area is 167 Å². The summed E-state index contributed by atoms with van der Waals surface area (Å²) in [5.74, 6) is 0.420. The Bertz CT molecular complexity index is 884. The number of hydrogen-bond acceptors (Lipinski definition) is 6. The molecule has 0 bridgehead atoms. The van der Waals surface area contributed by atoms with Gasteiger partial charge in [-0.15, -0.1) is 0 Å². The standard InChI is InChI=1S/C19H20ClN3O5/c1-27-18-5-3-15(23(25)26)10-13(18)12-21-14-2-4-16(17(20)11-14)19(24)22-6-8-28-9-7-22/h2-5,10-11,21H,6-9,12H2,1H3. The van der Waals surface area contributed by atoms with Crippen LogP contribution in [0.1, 0.15) is 15.9 Å². The Morgan fingerprint density at radius 3 is 2.68 bits per heavy atom. The van der Waals surface area contributed by atoms with E-state index in [1.54, 1.807) is 29.2 Å². The molecule has 2 aromatic carbocycles. The van der Waals surface area contributed by atoms with Crippen LogP contribution in [-0.2, 0) is 11.3 Å². The first-order valence-corrected chi connectivity index (χ1v) is 9.09. The van der Waals surface area contributed by atoms with Crippen LogP contribution in [0.25, 0.3) is 0 Å². The predicted octanol–water partition coefficient (Wildman–Crippen LogP) is 3.34. The van der Waals surface area contributed by atoms with Crippen LogP contribution in [0, 0.1) is 10.1 Å². The summed E-state index contributed by atoms with van der Waals surface area (Å²) in [7, 11) is 1.51. The number of nitrogens with one attached hydrogen (secondary N) is 1. The van der Waals surface area contributed by atoms with Crippen molar-refractivity contribution >= 4 is 28.9 Å². The molecule has 9 heteroatoms. The SMILES string of the molecule is COc1ccc([N+](=O)[O-])cc1CNc1ccc(C(=O)N2CCOCC2)c(Cl)c1. The van der Waals surface area contributed by atoms with E-state index in [9.17, 15) is 14.9 Å². The summed E-state index contributed by atoms with van der Waals surface area (Å²) >= 11 is 6.32. The maximum atomic E-state index is 12.6. The molecular formula is C19H20ClN3O5. The highest BCUT2D eigenvalue weighted by molar-refractivity contribution is 6.34. The average molecular weight is 406 g/mol. The van der Waals surface area contributed by atoms with E-state index in [1.165, 1.54) is 19.2 Å². The van der Waals surface area contributed by atoms with Gasteiger partial charge in [-0.2, -0.15) is 0 Å². The molecule has 28 heavy (non-hydrogen) atoms. The third-order valence-corrected chi connectivity index (χ3v) is 4.77. The predicted molar refractivity (Wildman–Crippen MR) is 105 cm³/mol. The Kier molecular flexibility index (Phi) is 6.33. The zero-order chi connectivity index (χ0) is 20.1. The first-order valence-electron chi connectivity index (χ1n) is 8.71. The van der Waals surface area contributed by atoms with Gasteiger partial charge in [-0.25, -0.2) is 0 Å². The van der Waals surface area contributed by atoms with Gasteiger partial charge >= 0.3 is 0 Å². The molecule has 1 aliphatic rings. The molecule has 0 radical (unpaired) electrons. The monoisotopic (exact) mass is 405 g/mol. The van der Waals surface area contributed by atoms with Gasteiger partial charge in [0.1, 0.15) is 5.75 Å². The summed E-state index contributed by atoms with van der Waals surface area (Å²) in [5.41, 5.74) is 1.75. The molecule has 0 atom stereocenters. The third-order valence-electron chi connectivity index (χ3n) is 4.46. The zero-order valence-electron chi connectivity index (χ0n) is 15.3. The molecule has 1 aliphatic heterocycles. The molecule has 1 heterocycles. The maximum Gasteiger partial charge on any atom is 0.270 e. The highest BCUT2D eigenvalue weighted by Crippen LogP contribution is 2.27. The number of methoxy groups -OCH3 is 1. The van der Waals surface area contributed by atoms with E-state index in [1.807, 2.05) is 0 Å². The van der Waals surface area contributed by atoms with Crippen LogP contribution in [0.5, 0.6) is 5.75 Å². The first kappa shape index (κ1) is 19.9. The van der Waals surface area contributed by atoms with Gasteiger partial charge in [-0.3, -0.25) is 14.9 Å². The van der Waals surface area contributed by atoms with Gasteiger partial charge in [-0.1, -0.05) is 11.6 Å². The van der Waals surface area contributed by atoms with Crippen molar-refractivity contribution in [2.75, 3.05) is 38.7 Å². The van der Waals surface area contributed by atoms with Crippen molar-refractivity contribution in [1.29, 1.82) is 0 Å². The van der Waals surface area contributed by atoms with Crippen molar-refractivity contribution in [2.24, 2.45) is 0 Å². The normalized spacial score (nSPS) is 13.9. The number of hydrogen-bond donors (Lipinski definition) is 1. The van der Waals surface area contributed by atoms with Gasteiger partial charge in [0, 0.05) is 43.0 Å². The molecule has 8 nitrogen and oxygen atoms in total. The number of rotatable bonds is 6. The maximum absolute atomic E-state index is 12.6.